The maximum absolute atomic E-state index is 9.56. The number of nitriles is 1. The Kier molecular flexibility index (Phi) is 7.87. The summed E-state index contributed by atoms with van der Waals surface area (Å²) >= 11 is 0. The van der Waals surface area contributed by atoms with Crippen molar-refractivity contribution in [1.29, 1.82) is 5.26 Å². The molecule has 0 spiro atoms. The van der Waals surface area contributed by atoms with Crippen molar-refractivity contribution in [2.24, 2.45) is 4.99 Å². The summed E-state index contributed by atoms with van der Waals surface area (Å²) in [5, 5.41) is 20.8. The Bertz CT molecular complexity index is 1110. The van der Waals surface area contributed by atoms with Gasteiger partial charge >= 0.3 is 0 Å². The summed E-state index contributed by atoms with van der Waals surface area (Å²) in [6, 6.07) is 18.3. The van der Waals surface area contributed by atoms with E-state index in [0.29, 0.717) is 36.6 Å². The molecule has 3 aromatic rings. The highest BCUT2D eigenvalue weighted by Crippen LogP contribution is 2.21. The van der Waals surface area contributed by atoms with E-state index in [1.165, 1.54) is 16.7 Å². The van der Waals surface area contributed by atoms with Gasteiger partial charge in [-0.05, 0) is 56.9 Å². The molecule has 0 bridgehead atoms. The van der Waals surface area contributed by atoms with Crippen LogP contribution in [0.3, 0.4) is 0 Å². The van der Waals surface area contributed by atoms with Crippen molar-refractivity contribution in [2.45, 2.75) is 40.2 Å². The number of para-hydroxylation sites is 1. The molecule has 0 saturated heterocycles. The highest BCUT2D eigenvalue weighted by atomic mass is 15.3. The molecule has 0 radical (unpaired) electrons. The quantitative estimate of drug-likeness (QED) is 0.288. The van der Waals surface area contributed by atoms with E-state index in [4.69, 9.17) is 10.7 Å². The molecule has 2 aromatic carbocycles. The van der Waals surface area contributed by atoms with E-state index >= 15 is 0 Å². The van der Waals surface area contributed by atoms with Gasteiger partial charge in [-0.3, -0.25) is 0 Å². The van der Waals surface area contributed by atoms with Gasteiger partial charge in [0, 0.05) is 13.1 Å². The highest BCUT2D eigenvalue weighted by molar-refractivity contribution is 5.79. The van der Waals surface area contributed by atoms with Crippen LogP contribution in [0.4, 0.5) is 5.82 Å². The molecule has 1 heterocycles. The van der Waals surface area contributed by atoms with E-state index in [1.54, 1.807) is 4.68 Å². The van der Waals surface area contributed by atoms with E-state index in [2.05, 4.69) is 53.8 Å². The molecule has 0 aliphatic heterocycles. The molecular formula is C25H31N7. The molecule has 0 aliphatic carbocycles. The monoisotopic (exact) mass is 429 g/mol. The molecule has 0 unspecified atom stereocenters. The molecule has 0 atom stereocenters. The first-order valence-electron chi connectivity index (χ1n) is 10.9. The van der Waals surface area contributed by atoms with Gasteiger partial charge in [0.2, 0.25) is 0 Å². The minimum absolute atomic E-state index is 0.380. The summed E-state index contributed by atoms with van der Waals surface area (Å²) in [6.45, 7) is 8.38. The topological polar surface area (TPSA) is 104 Å². The standard InChI is InChI=1S/C25H31N7/c1-4-28-25(30-17-20-13-12-18(2)15-19(20)3)29-14-8-11-23-22(16-26)24(27)32(31-23)21-9-6-5-7-10-21/h5-7,9-10,12-13,15H,4,8,11,14,17,27H2,1-3H3,(H2,28,29,30). The van der Waals surface area contributed by atoms with Gasteiger partial charge in [-0.15, -0.1) is 0 Å². The molecule has 0 aliphatic rings. The van der Waals surface area contributed by atoms with Crippen LogP contribution in [0.1, 0.15) is 41.3 Å². The number of aryl methyl sites for hydroxylation is 3. The zero-order valence-electron chi connectivity index (χ0n) is 19.0. The van der Waals surface area contributed by atoms with Crippen molar-refractivity contribution >= 4 is 11.8 Å². The number of nitrogen functional groups attached to an aromatic ring is 1. The van der Waals surface area contributed by atoms with Crippen LogP contribution in [0.5, 0.6) is 0 Å². The Morgan fingerprint density at radius 3 is 2.62 bits per heavy atom. The lowest BCUT2D eigenvalue weighted by molar-refractivity contribution is 0.722. The van der Waals surface area contributed by atoms with Crippen LogP contribution in [0.25, 0.3) is 5.69 Å². The minimum atomic E-state index is 0.380. The van der Waals surface area contributed by atoms with E-state index in [9.17, 15) is 5.26 Å². The van der Waals surface area contributed by atoms with Gasteiger partial charge < -0.3 is 16.4 Å². The van der Waals surface area contributed by atoms with Gasteiger partial charge in [-0.25, -0.2) is 9.67 Å². The van der Waals surface area contributed by atoms with Crippen molar-refractivity contribution in [3.05, 3.63) is 76.5 Å². The normalized spacial score (nSPS) is 11.2. The lowest BCUT2D eigenvalue weighted by Gasteiger charge is -2.12. The van der Waals surface area contributed by atoms with Crippen LogP contribution >= 0.6 is 0 Å². The fraction of sp³-hybridized carbons (Fsp3) is 0.320. The maximum Gasteiger partial charge on any atom is 0.191 e. The summed E-state index contributed by atoms with van der Waals surface area (Å²) in [5.74, 6) is 1.16. The molecular weight excluding hydrogens is 398 g/mol. The summed E-state index contributed by atoms with van der Waals surface area (Å²) in [5.41, 5.74) is 11.9. The molecule has 0 saturated carbocycles. The molecule has 7 nitrogen and oxygen atoms in total. The molecule has 166 valence electrons. The van der Waals surface area contributed by atoms with Crippen molar-refractivity contribution in [1.82, 2.24) is 20.4 Å². The number of rotatable bonds is 8. The number of nitrogens with zero attached hydrogens (tertiary/aromatic N) is 4. The smallest absolute Gasteiger partial charge is 0.191 e. The number of hydrogen-bond acceptors (Lipinski definition) is 4. The van der Waals surface area contributed by atoms with Gasteiger partial charge in [-0.1, -0.05) is 42.0 Å². The average molecular weight is 430 g/mol. The van der Waals surface area contributed by atoms with Crippen LogP contribution < -0.4 is 16.4 Å². The van der Waals surface area contributed by atoms with Gasteiger partial charge in [0.05, 0.1) is 17.9 Å². The highest BCUT2D eigenvalue weighted by Gasteiger charge is 2.16. The molecule has 0 fully saturated rings. The van der Waals surface area contributed by atoms with E-state index < -0.39 is 0 Å². The molecule has 0 amide bonds. The van der Waals surface area contributed by atoms with Crippen molar-refractivity contribution in [3.63, 3.8) is 0 Å². The second kappa shape index (κ2) is 11.0. The fourth-order valence-corrected chi connectivity index (χ4v) is 3.53. The second-order valence-electron chi connectivity index (χ2n) is 7.72. The first-order chi connectivity index (χ1) is 15.5. The number of aliphatic imine (C=N–C) groups is 1. The molecule has 4 N–H and O–H groups in total. The number of hydrogen-bond donors (Lipinski definition) is 3. The maximum atomic E-state index is 9.56. The Labute approximate surface area is 190 Å². The largest absolute Gasteiger partial charge is 0.382 e. The van der Waals surface area contributed by atoms with Gasteiger partial charge in [0.25, 0.3) is 0 Å². The van der Waals surface area contributed by atoms with Crippen molar-refractivity contribution in [2.75, 3.05) is 18.8 Å². The first-order valence-corrected chi connectivity index (χ1v) is 10.9. The van der Waals surface area contributed by atoms with Crippen molar-refractivity contribution < 1.29 is 0 Å². The third kappa shape index (κ3) is 5.67. The van der Waals surface area contributed by atoms with Crippen LogP contribution in [-0.4, -0.2) is 28.8 Å². The Balaban J connectivity index is 1.61. The number of aromatic nitrogens is 2. The SMILES string of the molecule is CCNC(=NCc1ccc(C)cc1C)NCCCc1nn(-c2ccccc2)c(N)c1C#N. The number of nitrogens with one attached hydrogen (secondary N) is 2. The molecule has 1 aromatic heterocycles. The van der Waals surface area contributed by atoms with E-state index in [0.717, 1.165) is 24.6 Å². The molecule has 32 heavy (non-hydrogen) atoms. The van der Waals surface area contributed by atoms with Crippen LogP contribution in [0, 0.1) is 25.2 Å². The third-order valence-corrected chi connectivity index (χ3v) is 5.24. The summed E-state index contributed by atoms with van der Waals surface area (Å²) in [6.07, 6.45) is 1.45. The first kappa shape index (κ1) is 22.9. The fourth-order valence-electron chi connectivity index (χ4n) is 3.53. The zero-order valence-corrected chi connectivity index (χ0v) is 19.0. The second-order valence-corrected chi connectivity index (χ2v) is 7.72. The van der Waals surface area contributed by atoms with Crippen LogP contribution in [-0.2, 0) is 13.0 Å². The lowest BCUT2D eigenvalue weighted by atomic mass is 10.1. The number of guanidine groups is 1. The Morgan fingerprint density at radius 1 is 1.16 bits per heavy atom. The average Bonchev–Trinajstić information content (AvgIpc) is 3.11. The third-order valence-electron chi connectivity index (χ3n) is 5.24. The van der Waals surface area contributed by atoms with E-state index in [-0.39, 0.29) is 0 Å². The molecule has 3 rings (SSSR count). The van der Waals surface area contributed by atoms with Crippen LogP contribution in [0.2, 0.25) is 0 Å². The minimum Gasteiger partial charge on any atom is -0.382 e. The number of nitrogens with two attached hydrogens (primary N) is 1. The molecule has 7 heteroatoms. The van der Waals surface area contributed by atoms with E-state index in [1.807, 2.05) is 37.3 Å². The number of anilines is 1. The zero-order chi connectivity index (χ0) is 22.9. The number of benzene rings is 2. The summed E-state index contributed by atoms with van der Waals surface area (Å²) in [4.78, 5) is 4.71. The van der Waals surface area contributed by atoms with Gasteiger partial charge in [-0.2, -0.15) is 10.4 Å². The predicted octanol–water partition coefficient (Wildman–Crippen LogP) is 3.63. The summed E-state index contributed by atoms with van der Waals surface area (Å²) < 4.78 is 1.64. The van der Waals surface area contributed by atoms with Gasteiger partial charge in [0.1, 0.15) is 17.5 Å². The Hall–Kier alpha value is -3.79. The van der Waals surface area contributed by atoms with Crippen molar-refractivity contribution in [3.8, 4) is 11.8 Å². The van der Waals surface area contributed by atoms with Crippen LogP contribution in [0.15, 0.2) is 53.5 Å². The van der Waals surface area contributed by atoms with Gasteiger partial charge in [0.15, 0.2) is 5.96 Å². The lowest BCUT2D eigenvalue weighted by Crippen LogP contribution is -2.37. The predicted molar refractivity (Wildman–Crippen MR) is 130 cm³/mol. The summed E-state index contributed by atoms with van der Waals surface area (Å²) in [7, 11) is 0. The Morgan fingerprint density at radius 2 is 1.94 bits per heavy atom.